The number of ether oxygens (including phenoxy) is 2. The Balaban J connectivity index is 2.34. The molecule has 0 heterocycles. The molecule has 1 aromatic carbocycles. The van der Waals surface area contributed by atoms with E-state index >= 15 is 0 Å². The van der Waals surface area contributed by atoms with Crippen molar-refractivity contribution in [3.8, 4) is 11.5 Å². The third-order valence-electron chi connectivity index (χ3n) is 4.35. The van der Waals surface area contributed by atoms with E-state index in [2.05, 4.69) is 0 Å². The highest BCUT2D eigenvalue weighted by molar-refractivity contribution is 5.82. The fourth-order valence-electron chi connectivity index (χ4n) is 3.25. The molecular formula is C17H23NO5. The van der Waals surface area contributed by atoms with Crippen LogP contribution in [0.2, 0.25) is 0 Å². The number of Topliss-reactive ketones (excluding diaryl/α,β-unsaturated/α-hetero) is 1. The van der Waals surface area contributed by atoms with Crippen LogP contribution in [0.3, 0.4) is 0 Å². The lowest BCUT2D eigenvalue weighted by Crippen LogP contribution is -2.30. The molecule has 2 rings (SSSR count). The highest BCUT2D eigenvalue weighted by Gasteiger charge is 2.34. The molecule has 0 bridgehead atoms. The summed E-state index contributed by atoms with van der Waals surface area (Å²) in [4.78, 5) is 23.0. The van der Waals surface area contributed by atoms with Crippen molar-refractivity contribution in [2.24, 2.45) is 5.92 Å². The van der Waals surface area contributed by atoms with Gasteiger partial charge in [0.15, 0.2) is 11.5 Å². The number of benzene rings is 1. The predicted octanol–water partition coefficient (Wildman–Crippen LogP) is 3.21. The Morgan fingerprint density at radius 2 is 2.13 bits per heavy atom. The molecule has 0 aromatic heterocycles. The van der Waals surface area contributed by atoms with Crippen molar-refractivity contribution < 1.29 is 19.2 Å². The lowest BCUT2D eigenvalue weighted by molar-refractivity contribution is -0.484. The molecule has 0 aliphatic heterocycles. The summed E-state index contributed by atoms with van der Waals surface area (Å²) in [6.45, 7) is 2.15. The van der Waals surface area contributed by atoms with Crippen molar-refractivity contribution in [3.05, 3.63) is 33.9 Å². The molecule has 0 saturated heterocycles. The summed E-state index contributed by atoms with van der Waals surface area (Å²) in [6, 6.07) is 5.34. The van der Waals surface area contributed by atoms with E-state index in [1.54, 1.807) is 12.1 Å². The molecule has 0 unspecified atom stereocenters. The van der Waals surface area contributed by atoms with Crippen molar-refractivity contribution in [3.63, 3.8) is 0 Å². The molecule has 0 N–H and O–H groups in total. The summed E-state index contributed by atoms with van der Waals surface area (Å²) < 4.78 is 10.8. The van der Waals surface area contributed by atoms with Gasteiger partial charge in [-0.15, -0.1) is 0 Å². The van der Waals surface area contributed by atoms with Crippen LogP contribution in [0.15, 0.2) is 18.2 Å². The van der Waals surface area contributed by atoms with Gasteiger partial charge in [0, 0.05) is 17.3 Å². The zero-order valence-corrected chi connectivity index (χ0v) is 13.6. The van der Waals surface area contributed by atoms with Crippen LogP contribution in [-0.2, 0) is 4.79 Å². The highest BCUT2D eigenvalue weighted by atomic mass is 16.6. The van der Waals surface area contributed by atoms with Crippen LogP contribution in [0, 0.1) is 16.0 Å². The summed E-state index contributed by atoms with van der Waals surface area (Å²) >= 11 is 0. The van der Waals surface area contributed by atoms with Crippen molar-refractivity contribution in [1.29, 1.82) is 0 Å². The fraction of sp³-hybridized carbons (Fsp3) is 0.588. The Labute approximate surface area is 135 Å². The minimum atomic E-state index is -0.414. The van der Waals surface area contributed by atoms with Gasteiger partial charge in [-0.2, -0.15) is 0 Å². The average molecular weight is 321 g/mol. The van der Waals surface area contributed by atoms with Gasteiger partial charge in [-0.25, -0.2) is 0 Å². The molecule has 1 aliphatic carbocycles. The highest BCUT2D eigenvalue weighted by Crippen LogP contribution is 2.38. The molecule has 1 aromatic rings. The first-order valence-electron chi connectivity index (χ1n) is 8.02. The lowest BCUT2D eigenvalue weighted by Gasteiger charge is -2.27. The van der Waals surface area contributed by atoms with Gasteiger partial charge in [0.05, 0.1) is 19.6 Å². The van der Waals surface area contributed by atoms with Gasteiger partial charge in [-0.05, 0) is 37.5 Å². The summed E-state index contributed by atoms with van der Waals surface area (Å²) in [7, 11) is 1.54. The van der Waals surface area contributed by atoms with E-state index in [1.165, 1.54) is 7.11 Å². The first-order chi connectivity index (χ1) is 11.1. The normalized spacial score (nSPS) is 19.2. The fourth-order valence-corrected chi connectivity index (χ4v) is 3.25. The smallest absolute Gasteiger partial charge is 0.211 e. The first kappa shape index (κ1) is 17.2. The number of nitro groups is 1. The Morgan fingerprint density at radius 3 is 2.74 bits per heavy atom. The van der Waals surface area contributed by atoms with E-state index in [0.29, 0.717) is 30.9 Å². The molecule has 0 spiro atoms. The average Bonchev–Trinajstić information content (AvgIpc) is 2.54. The number of hydrogen-bond acceptors (Lipinski definition) is 5. The van der Waals surface area contributed by atoms with E-state index in [0.717, 1.165) is 18.4 Å². The molecular weight excluding hydrogens is 298 g/mol. The van der Waals surface area contributed by atoms with Crippen LogP contribution in [0.25, 0.3) is 0 Å². The van der Waals surface area contributed by atoms with Gasteiger partial charge in [0.1, 0.15) is 5.78 Å². The second kappa shape index (κ2) is 7.94. The minimum Gasteiger partial charge on any atom is -0.493 e. The van der Waals surface area contributed by atoms with Crippen molar-refractivity contribution in [2.75, 3.05) is 20.3 Å². The zero-order chi connectivity index (χ0) is 16.8. The number of carbonyl (C=O) groups is 1. The third kappa shape index (κ3) is 4.21. The SMILES string of the molecule is CCOc1ccc([C@H](C[N+](=O)[O-])[C@@H]2CCCCC2=O)cc1OC. The van der Waals surface area contributed by atoms with Crippen molar-refractivity contribution in [1.82, 2.24) is 0 Å². The van der Waals surface area contributed by atoms with Gasteiger partial charge >= 0.3 is 0 Å². The van der Waals surface area contributed by atoms with Crippen molar-refractivity contribution in [2.45, 2.75) is 38.5 Å². The summed E-state index contributed by atoms with van der Waals surface area (Å²) in [6.07, 6.45) is 3.06. The Morgan fingerprint density at radius 1 is 1.35 bits per heavy atom. The lowest BCUT2D eigenvalue weighted by atomic mass is 9.76. The predicted molar refractivity (Wildman–Crippen MR) is 85.7 cm³/mol. The van der Waals surface area contributed by atoms with E-state index in [1.807, 2.05) is 13.0 Å². The molecule has 1 saturated carbocycles. The van der Waals surface area contributed by atoms with E-state index in [9.17, 15) is 14.9 Å². The van der Waals surface area contributed by atoms with E-state index in [4.69, 9.17) is 9.47 Å². The first-order valence-corrected chi connectivity index (χ1v) is 8.02. The number of nitrogens with zero attached hydrogens (tertiary/aromatic N) is 1. The second-order valence-electron chi connectivity index (χ2n) is 5.78. The maximum Gasteiger partial charge on any atom is 0.211 e. The van der Waals surface area contributed by atoms with Gasteiger partial charge in [0.25, 0.3) is 0 Å². The number of hydrogen-bond donors (Lipinski definition) is 0. The monoisotopic (exact) mass is 321 g/mol. The molecule has 1 fully saturated rings. The molecule has 0 amide bonds. The molecule has 6 nitrogen and oxygen atoms in total. The molecule has 6 heteroatoms. The molecule has 1 aliphatic rings. The second-order valence-corrected chi connectivity index (χ2v) is 5.78. The third-order valence-corrected chi connectivity index (χ3v) is 4.35. The van der Waals surface area contributed by atoms with Gasteiger partial charge in [-0.3, -0.25) is 14.9 Å². The summed E-state index contributed by atoms with van der Waals surface area (Å²) in [5.74, 6) is 0.588. The van der Waals surface area contributed by atoms with Crippen LogP contribution < -0.4 is 9.47 Å². The van der Waals surface area contributed by atoms with Gasteiger partial charge < -0.3 is 9.47 Å². The standard InChI is InChI=1S/C17H23NO5/c1-3-23-16-9-8-12(10-17(16)22-2)14(11-18(20)21)13-6-4-5-7-15(13)19/h8-10,13-14H,3-7,11H2,1-2H3/t13-,14-/m0/s1. The summed E-state index contributed by atoms with van der Waals surface area (Å²) in [5.41, 5.74) is 0.766. The van der Waals surface area contributed by atoms with E-state index in [-0.39, 0.29) is 23.2 Å². The quantitative estimate of drug-likeness (QED) is 0.569. The Bertz CT molecular complexity index is 572. The molecule has 23 heavy (non-hydrogen) atoms. The molecule has 0 radical (unpaired) electrons. The van der Waals surface area contributed by atoms with Gasteiger partial charge in [0.2, 0.25) is 6.54 Å². The largest absolute Gasteiger partial charge is 0.493 e. The number of methoxy groups -OCH3 is 1. The maximum absolute atomic E-state index is 12.2. The topological polar surface area (TPSA) is 78.7 Å². The number of rotatable bonds is 7. The van der Waals surface area contributed by atoms with Crippen LogP contribution in [0.4, 0.5) is 0 Å². The van der Waals surface area contributed by atoms with Crippen LogP contribution >= 0.6 is 0 Å². The van der Waals surface area contributed by atoms with Crippen LogP contribution in [-0.4, -0.2) is 31.0 Å². The molecule has 2 atom stereocenters. The van der Waals surface area contributed by atoms with E-state index < -0.39 is 5.92 Å². The number of ketones is 1. The summed E-state index contributed by atoms with van der Waals surface area (Å²) in [5, 5.41) is 11.1. The van der Waals surface area contributed by atoms with Gasteiger partial charge in [-0.1, -0.05) is 12.5 Å². The van der Waals surface area contributed by atoms with Crippen LogP contribution in [0.1, 0.15) is 44.1 Å². The van der Waals surface area contributed by atoms with Crippen molar-refractivity contribution >= 4 is 5.78 Å². The minimum absolute atomic E-state index is 0.135. The molecule has 126 valence electrons. The Kier molecular flexibility index (Phi) is 5.96. The maximum atomic E-state index is 12.2. The van der Waals surface area contributed by atoms with Crippen LogP contribution in [0.5, 0.6) is 11.5 Å². The zero-order valence-electron chi connectivity index (χ0n) is 13.6. The number of carbonyl (C=O) groups excluding carboxylic acids is 1. The Hall–Kier alpha value is -2.11.